The summed E-state index contributed by atoms with van der Waals surface area (Å²) in [6, 6.07) is 0. The molecule has 0 bridgehead atoms. The quantitative estimate of drug-likeness (QED) is 0.650. The summed E-state index contributed by atoms with van der Waals surface area (Å²) in [7, 11) is -0.475. The molecule has 1 N–H and O–H groups in total. The van der Waals surface area contributed by atoms with Gasteiger partial charge in [0.2, 0.25) is 0 Å². The molecule has 2 aliphatic rings. The predicted octanol–water partition coefficient (Wildman–Crippen LogP) is 3.79. The van der Waals surface area contributed by atoms with Gasteiger partial charge >= 0.3 is 7.12 Å². The van der Waals surface area contributed by atoms with Crippen molar-refractivity contribution in [1.82, 2.24) is 0 Å². The SMILES string of the molecule is OB1OCCC2CCCCCCCCCCC12. The van der Waals surface area contributed by atoms with Crippen LogP contribution in [0.3, 0.4) is 0 Å². The summed E-state index contributed by atoms with van der Waals surface area (Å²) in [5, 5.41) is 9.99. The Bertz CT molecular complexity index is 210. The maximum atomic E-state index is 9.99. The van der Waals surface area contributed by atoms with Crippen LogP contribution in [0.4, 0.5) is 0 Å². The van der Waals surface area contributed by atoms with Gasteiger partial charge in [0.25, 0.3) is 0 Å². The average molecular weight is 238 g/mol. The summed E-state index contributed by atoms with van der Waals surface area (Å²) in [5.74, 6) is 1.14. The van der Waals surface area contributed by atoms with E-state index < -0.39 is 7.12 Å². The molecule has 2 atom stereocenters. The summed E-state index contributed by atoms with van der Waals surface area (Å²) in [6.07, 6.45) is 14.7. The van der Waals surface area contributed by atoms with E-state index in [0.717, 1.165) is 12.5 Å². The minimum absolute atomic E-state index is 0.420. The largest absolute Gasteiger partial charge is 0.457 e. The third-order valence-electron chi connectivity index (χ3n) is 4.61. The van der Waals surface area contributed by atoms with Crippen LogP contribution in [0.25, 0.3) is 0 Å². The van der Waals surface area contributed by atoms with Crippen molar-refractivity contribution in [2.75, 3.05) is 6.61 Å². The van der Waals surface area contributed by atoms with Gasteiger partial charge in [0.05, 0.1) is 0 Å². The summed E-state index contributed by atoms with van der Waals surface area (Å²) < 4.78 is 5.43. The van der Waals surface area contributed by atoms with Gasteiger partial charge in [-0.25, -0.2) is 0 Å². The molecule has 1 aliphatic heterocycles. The van der Waals surface area contributed by atoms with Crippen LogP contribution < -0.4 is 0 Å². The minimum Gasteiger partial charge on any atom is -0.427 e. The highest BCUT2D eigenvalue weighted by Gasteiger charge is 2.36. The third kappa shape index (κ3) is 4.29. The van der Waals surface area contributed by atoms with E-state index in [1.54, 1.807) is 0 Å². The van der Waals surface area contributed by atoms with E-state index in [1.807, 2.05) is 0 Å². The van der Waals surface area contributed by atoms with E-state index in [9.17, 15) is 5.02 Å². The van der Waals surface area contributed by atoms with Crippen LogP contribution in [0.5, 0.6) is 0 Å². The molecule has 0 radical (unpaired) electrons. The lowest BCUT2D eigenvalue weighted by molar-refractivity contribution is 0.161. The number of rotatable bonds is 0. The van der Waals surface area contributed by atoms with Crippen molar-refractivity contribution >= 4 is 7.12 Å². The molecule has 0 aromatic rings. The van der Waals surface area contributed by atoms with Crippen LogP contribution >= 0.6 is 0 Å². The Kier molecular flexibility index (Phi) is 5.86. The Labute approximate surface area is 106 Å². The van der Waals surface area contributed by atoms with Crippen LogP contribution in [-0.2, 0) is 4.65 Å². The van der Waals surface area contributed by atoms with Crippen LogP contribution in [0, 0.1) is 5.92 Å². The van der Waals surface area contributed by atoms with Gasteiger partial charge in [-0.3, -0.25) is 0 Å². The fourth-order valence-corrected chi connectivity index (χ4v) is 3.49. The second-order valence-electron chi connectivity index (χ2n) is 5.88. The Morgan fingerprint density at radius 2 is 1.35 bits per heavy atom. The molecule has 1 aliphatic carbocycles. The van der Waals surface area contributed by atoms with Gasteiger partial charge < -0.3 is 9.68 Å². The first-order chi connectivity index (χ1) is 8.38. The molecule has 0 amide bonds. The highest BCUT2D eigenvalue weighted by molar-refractivity contribution is 6.45. The summed E-state index contributed by atoms with van der Waals surface area (Å²) >= 11 is 0. The molecule has 2 fully saturated rings. The maximum absolute atomic E-state index is 9.99. The minimum atomic E-state index is -0.475. The zero-order valence-corrected chi connectivity index (χ0v) is 11.1. The Hall–Kier alpha value is -0.0151. The molecule has 1 saturated carbocycles. The molecule has 0 spiro atoms. The van der Waals surface area contributed by atoms with Crippen molar-refractivity contribution in [3.63, 3.8) is 0 Å². The Balaban J connectivity index is 1.86. The first-order valence-corrected chi connectivity index (χ1v) is 7.67. The van der Waals surface area contributed by atoms with Gasteiger partial charge in [-0.1, -0.05) is 64.2 Å². The molecular formula is C14H27BO2. The number of hydrogen-bond acceptors (Lipinski definition) is 2. The number of fused-ring (bicyclic) bond motifs is 1. The van der Waals surface area contributed by atoms with Crippen molar-refractivity contribution in [3.8, 4) is 0 Å². The van der Waals surface area contributed by atoms with Gasteiger partial charge in [-0.05, 0) is 18.2 Å². The van der Waals surface area contributed by atoms with E-state index in [2.05, 4.69) is 0 Å². The second-order valence-corrected chi connectivity index (χ2v) is 5.88. The van der Waals surface area contributed by atoms with Crippen LogP contribution in [0.15, 0.2) is 0 Å². The fourth-order valence-electron chi connectivity index (χ4n) is 3.49. The average Bonchev–Trinajstić information content (AvgIpc) is 2.31. The second kappa shape index (κ2) is 7.43. The topological polar surface area (TPSA) is 29.5 Å². The predicted molar refractivity (Wildman–Crippen MR) is 72.0 cm³/mol. The van der Waals surface area contributed by atoms with Crippen molar-refractivity contribution in [3.05, 3.63) is 0 Å². The summed E-state index contributed by atoms with van der Waals surface area (Å²) in [4.78, 5) is 0. The molecule has 1 saturated heterocycles. The zero-order valence-electron chi connectivity index (χ0n) is 11.1. The van der Waals surface area contributed by atoms with Gasteiger partial charge in [0, 0.05) is 6.61 Å². The monoisotopic (exact) mass is 238 g/mol. The molecule has 98 valence electrons. The lowest BCUT2D eigenvalue weighted by Crippen LogP contribution is -2.36. The molecule has 17 heavy (non-hydrogen) atoms. The standard InChI is InChI=1S/C14H27BO2/c16-15-14-10-8-6-4-2-1-3-5-7-9-13(14)11-12-17-15/h13-14,16H,1-12H2. The summed E-state index contributed by atoms with van der Waals surface area (Å²) in [5.41, 5.74) is 0. The van der Waals surface area contributed by atoms with Gasteiger partial charge in [0.1, 0.15) is 0 Å². The number of hydrogen-bond donors (Lipinski definition) is 1. The Morgan fingerprint density at radius 3 is 2.06 bits per heavy atom. The maximum Gasteiger partial charge on any atom is 0.457 e. The van der Waals surface area contributed by atoms with Crippen LogP contribution in [0.2, 0.25) is 5.82 Å². The molecular weight excluding hydrogens is 211 g/mol. The van der Waals surface area contributed by atoms with Gasteiger partial charge in [-0.2, -0.15) is 0 Å². The molecule has 2 unspecified atom stereocenters. The van der Waals surface area contributed by atoms with Crippen molar-refractivity contribution in [1.29, 1.82) is 0 Å². The van der Waals surface area contributed by atoms with Crippen molar-refractivity contribution in [2.45, 2.75) is 76.4 Å². The van der Waals surface area contributed by atoms with Crippen LogP contribution in [0.1, 0.15) is 70.6 Å². The van der Waals surface area contributed by atoms with Crippen molar-refractivity contribution in [2.24, 2.45) is 5.92 Å². The smallest absolute Gasteiger partial charge is 0.427 e. The van der Waals surface area contributed by atoms with Gasteiger partial charge in [-0.15, -0.1) is 0 Å². The fraction of sp³-hybridized carbons (Fsp3) is 1.00. The Morgan fingerprint density at radius 1 is 0.765 bits per heavy atom. The van der Waals surface area contributed by atoms with Crippen molar-refractivity contribution < 1.29 is 9.68 Å². The van der Waals surface area contributed by atoms with Gasteiger partial charge in [0.15, 0.2) is 0 Å². The first kappa shape index (κ1) is 13.4. The molecule has 2 nitrogen and oxygen atoms in total. The summed E-state index contributed by atoms with van der Waals surface area (Å²) in [6.45, 7) is 0.766. The van der Waals surface area contributed by atoms with E-state index in [4.69, 9.17) is 4.65 Å². The molecule has 1 heterocycles. The molecule has 2 rings (SSSR count). The third-order valence-corrected chi connectivity index (χ3v) is 4.61. The lowest BCUT2D eigenvalue weighted by Gasteiger charge is -2.33. The molecule has 0 aromatic carbocycles. The zero-order chi connectivity index (χ0) is 11.9. The first-order valence-electron chi connectivity index (χ1n) is 7.67. The van der Waals surface area contributed by atoms with Crippen LogP contribution in [-0.4, -0.2) is 18.7 Å². The van der Waals surface area contributed by atoms with E-state index in [1.165, 1.54) is 70.6 Å². The van der Waals surface area contributed by atoms with E-state index in [-0.39, 0.29) is 0 Å². The van der Waals surface area contributed by atoms with E-state index >= 15 is 0 Å². The lowest BCUT2D eigenvalue weighted by atomic mass is 9.59. The highest BCUT2D eigenvalue weighted by atomic mass is 16.5. The molecule has 3 heteroatoms. The highest BCUT2D eigenvalue weighted by Crippen LogP contribution is 2.37. The molecule has 0 aromatic heterocycles. The normalized spacial score (nSPS) is 33.4. The van der Waals surface area contributed by atoms with E-state index in [0.29, 0.717) is 5.82 Å².